The molecule has 0 atom stereocenters. The van der Waals surface area contributed by atoms with Crippen molar-refractivity contribution in [2.75, 3.05) is 11.9 Å². The molecule has 0 radical (unpaired) electrons. The van der Waals surface area contributed by atoms with Crippen LogP contribution in [0.1, 0.15) is 29.3 Å². The van der Waals surface area contributed by atoms with Gasteiger partial charge in [-0.25, -0.2) is 0 Å². The maximum Gasteiger partial charge on any atom is 0.262 e. The molecule has 3 rings (SSSR count). The summed E-state index contributed by atoms with van der Waals surface area (Å²) in [5.74, 6) is -0.0522. The van der Waals surface area contributed by atoms with Gasteiger partial charge in [-0.3, -0.25) is 4.79 Å². The van der Waals surface area contributed by atoms with Crippen molar-refractivity contribution < 1.29 is 9.53 Å². The van der Waals surface area contributed by atoms with Crippen LogP contribution in [0, 0.1) is 18.3 Å². The van der Waals surface area contributed by atoms with Crippen molar-refractivity contribution in [2.24, 2.45) is 0 Å². The Bertz CT molecular complexity index is 1100. The number of aryl methyl sites for hydroxylation is 2. The minimum Gasteiger partial charge on any atom is -0.482 e. The molecule has 4 nitrogen and oxygen atoms in total. The number of amides is 1. The van der Waals surface area contributed by atoms with Gasteiger partial charge in [-0.05, 0) is 36.6 Å². The summed E-state index contributed by atoms with van der Waals surface area (Å²) < 4.78 is 5.48. The Balaban J connectivity index is 1.76. The molecule has 154 valence electrons. The number of carbonyl (C=O) groups is 1. The quantitative estimate of drug-likeness (QED) is 0.419. The molecule has 30 heavy (non-hydrogen) atoms. The third kappa shape index (κ3) is 5.14. The first-order valence-corrected chi connectivity index (χ1v) is 11.0. The van der Waals surface area contributed by atoms with Gasteiger partial charge < -0.3 is 10.1 Å². The first-order chi connectivity index (χ1) is 14.4. The molecule has 0 fully saturated rings. The van der Waals surface area contributed by atoms with Crippen LogP contribution in [0.2, 0.25) is 10.0 Å². The molecule has 7 heteroatoms. The second-order valence-electron chi connectivity index (χ2n) is 6.71. The van der Waals surface area contributed by atoms with Gasteiger partial charge in [0.25, 0.3) is 5.91 Å². The third-order valence-corrected chi connectivity index (χ3v) is 6.05. The summed E-state index contributed by atoms with van der Waals surface area (Å²) in [4.78, 5) is 13.4. The number of hydrogen-bond acceptors (Lipinski definition) is 4. The van der Waals surface area contributed by atoms with Crippen LogP contribution in [0.3, 0.4) is 0 Å². The minimum absolute atomic E-state index is 0.247. The number of halogens is 2. The maximum atomic E-state index is 12.4. The SMILES string of the molecule is CCCc1ccc(-c2c(C)sc(NC(=O)COc3cc(Cl)ccc3Cl)c2C#N)cc1. The van der Waals surface area contributed by atoms with Crippen molar-refractivity contribution in [1.29, 1.82) is 5.26 Å². The van der Waals surface area contributed by atoms with E-state index < -0.39 is 0 Å². The van der Waals surface area contributed by atoms with E-state index in [0.29, 0.717) is 26.4 Å². The van der Waals surface area contributed by atoms with Crippen LogP contribution in [0.15, 0.2) is 42.5 Å². The fourth-order valence-electron chi connectivity index (χ4n) is 3.11. The number of ether oxygens (including phenoxy) is 1. The molecule has 0 bridgehead atoms. The largest absolute Gasteiger partial charge is 0.482 e. The topological polar surface area (TPSA) is 62.1 Å². The molecular formula is C23H20Cl2N2O2S. The average Bonchev–Trinajstić information content (AvgIpc) is 3.04. The average molecular weight is 459 g/mol. The van der Waals surface area contributed by atoms with E-state index in [4.69, 9.17) is 27.9 Å². The number of carbonyl (C=O) groups excluding carboxylic acids is 1. The van der Waals surface area contributed by atoms with Crippen LogP contribution in [-0.2, 0) is 11.2 Å². The second kappa shape index (κ2) is 9.99. The molecule has 0 aliphatic heterocycles. The normalized spacial score (nSPS) is 10.5. The number of nitrogens with one attached hydrogen (secondary N) is 1. The van der Waals surface area contributed by atoms with Crippen molar-refractivity contribution in [1.82, 2.24) is 0 Å². The zero-order valence-corrected chi connectivity index (χ0v) is 18.9. The first-order valence-electron chi connectivity index (χ1n) is 9.43. The molecular weight excluding hydrogens is 439 g/mol. The van der Waals surface area contributed by atoms with Crippen LogP contribution >= 0.6 is 34.5 Å². The molecule has 3 aromatic rings. The molecule has 1 amide bonds. The van der Waals surface area contributed by atoms with Crippen molar-refractivity contribution in [3.05, 3.63) is 68.5 Å². The number of hydrogen-bond donors (Lipinski definition) is 1. The fraction of sp³-hybridized carbons (Fsp3) is 0.217. The zero-order valence-electron chi connectivity index (χ0n) is 16.6. The summed E-state index contributed by atoms with van der Waals surface area (Å²) >= 11 is 13.4. The number of rotatable bonds is 7. The summed E-state index contributed by atoms with van der Waals surface area (Å²) in [5.41, 5.74) is 3.52. The van der Waals surface area contributed by atoms with Gasteiger partial charge in [0.05, 0.1) is 10.6 Å². The van der Waals surface area contributed by atoms with E-state index in [-0.39, 0.29) is 12.5 Å². The molecule has 1 N–H and O–H groups in total. The van der Waals surface area contributed by atoms with Crippen molar-refractivity contribution in [2.45, 2.75) is 26.7 Å². The van der Waals surface area contributed by atoms with Crippen molar-refractivity contribution in [3.8, 4) is 22.9 Å². The van der Waals surface area contributed by atoms with Crippen LogP contribution in [0.25, 0.3) is 11.1 Å². The summed E-state index contributed by atoms with van der Waals surface area (Å²) in [6.07, 6.45) is 2.10. The van der Waals surface area contributed by atoms with E-state index in [2.05, 4.69) is 30.4 Å². The van der Waals surface area contributed by atoms with Crippen molar-refractivity contribution in [3.63, 3.8) is 0 Å². The number of anilines is 1. The molecule has 0 aliphatic rings. The second-order valence-corrected chi connectivity index (χ2v) is 8.78. The van der Waals surface area contributed by atoms with Gasteiger partial charge in [-0.15, -0.1) is 11.3 Å². The van der Waals surface area contributed by atoms with Gasteiger partial charge in [0, 0.05) is 21.5 Å². The Kier molecular flexibility index (Phi) is 7.38. The predicted octanol–water partition coefficient (Wildman–Crippen LogP) is 6.87. The highest BCUT2D eigenvalue weighted by Crippen LogP contribution is 2.39. The summed E-state index contributed by atoms with van der Waals surface area (Å²) in [6.45, 7) is 3.84. The summed E-state index contributed by atoms with van der Waals surface area (Å²) in [5, 5.41) is 13.9. The van der Waals surface area contributed by atoms with E-state index in [9.17, 15) is 10.1 Å². The minimum atomic E-state index is -0.381. The Morgan fingerprint density at radius 3 is 2.60 bits per heavy atom. The molecule has 2 aromatic carbocycles. The number of benzene rings is 2. The van der Waals surface area contributed by atoms with E-state index in [0.717, 1.165) is 28.8 Å². The number of thiophene rings is 1. The van der Waals surface area contributed by atoms with Gasteiger partial charge in [-0.1, -0.05) is 60.8 Å². The smallest absolute Gasteiger partial charge is 0.262 e. The molecule has 0 saturated carbocycles. The third-order valence-electron chi connectivity index (χ3n) is 4.48. The highest BCUT2D eigenvalue weighted by Gasteiger charge is 2.19. The standard InChI is InChI=1S/C23H20Cl2N2O2S/c1-3-4-15-5-7-16(8-6-15)22-14(2)30-23(18(22)12-26)27-21(28)13-29-20-11-17(24)9-10-19(20)25/h5-11H,3-4,13H2,1-2H3,(H,27,28). The molecule has 0 saturated heterocycles. The molecule has 0 spiro atoms. The Hall–Kier alpha value is -2.52. The van der Waals surface area contributed by atoms with E-state index in [1.807, 2.05) is 19.1 Å². The summed E-state index contributed by atoms with van der Waals surface area (Å²) in [6, 6.07) is 15.2. The fourth-order valence-corrected chi connectivity index (χ4v) is 4.48. The number of nitriles is 1. The van der Waals surface area contributed by atoms with E-state index in [1.54, 1.807) is 18.2 Å². The number of nitrogens with zero attached hydrogens (tertiary/aromatic N) is 1. The van der Waals surface area contributed by atoms with Gasteiger partial charge in [0.1, 0.15) is 16.8 Å². The first kappa shape index (κ1) is 22.2. The van der Waals surface area contributed by atoms with Gasteiger partial charge in [-0.2, -0.15) is 5.26 Å². The van der Waals surface area contributed by atoms with Crippen LogP contribution in [0.4, 0.5) is 5.00 Å². The van der Waals surface area contributed by atoms with Crippen molar-refractivity contribution >= 4 is 45.4 Å². The van der Waals surface area contributed by atoms with E-state index >= 15 is 0 Å². The Labute approximate surface area is 190 Å². The molecule has 1 heterocycles. The van der Waals surface area contributed by atoms with Gasteiger partial charge in [0.2, 0.25) is 0 Å². The highest BCUT2D eigenvalue weighted by molar-refractivity contribution is 7.17. The Morgan fingerprint density at radius 1 is 1.20 bits per heavy atom. The lowest BCUT2D eigenvalue weighted by atomic mass is 9.99. The lowest BCUT2D eigenvalue weighted by Crippen LogP contribution is -2.20. The molecule has 1 aromatic heterocycles. The molecule has 0 unspecified atom stereocenters. The predicted molar refractivity (Wildman–Crippen MR) is 124 cm³/mol. The maximum absolute atomic E-state index is 12.4. The summed E-state index contributed by atoms with van der Waals surface area (Å²) in [7, 11) is 0. The zero-order chi connectivity index (χ0) is 21.7. The van der Waals surface area contributed by atoms with E-state index in [1.165, 1.54) is 16.9 Å². The monoisotopic (exact) mass is 458 g/mol. The lowest BCUT2D eigenvalue weighted by Gasteiger charge is -2.09. The Morgan fingerprint density at radius 2 is 1.93 bits per heavy atom. The lowest BCUT2D eigenvalue weighted by molar-refractivity contribution is -0.118. The van der Waals surface area contributed by atoms with Crippen LogP contribution < -0.4 is 10.1 Å². The van der Waals surface area contributed by atoms with Crippen LogP contribution in [-0.4, -0.2) is 12.5 Å². The molecule has 0 aliphatic carbocycles. The van der Waals surface area contributed by atoms with Gasteiger partial charge >= 0.3 is 0 Å². The highest BCUT2D eigenvalue weighted by atomic mass is 35.5. The van der Waals surface area contributed by atoms with Crippen LogP contribution in [0.5, 0.6) is 5.75 Å². The van der Waals surface area contributed by atoms with Gasteiger partial charge in [0.15, 0.2) is 6.61 Å².